The summed E-state index contributed by atoms with van der Waals surface area (Å²) in [7, 11) is 1.63. The fourth-order valence-corrected chi connectivity index (χ4v) is 2.74. The second-order valence-electron chi connectivity index (χ2n) is 4.42. The van der Waals surface area contributed by atoms with Gasteiger partial charge in [0.25, 0.3) is 0 Å². The maximum absolute atomic E-state index is 8.93. The second-order valence-corrected chi connectivity index (χ2v) is 5.27. The van der Waals surface area contributed by atoms with Crippen LogP contribution in [0.5, 0.6) is 11.5 Å². The van der Waals surface area contributed by atoms with Crippen LogP contribution >= 0.6 is 15.9 Å². The van der Waals surface area contributed by atoms with Crippen LogP contribution in [-0.2, 0) is 6.54 Å². The lowest BCUT2D eigenvalue weighted by molar-refractivity contribution is 0.155. The zero-order valence-corrected chi connectivity index (χ0v) is 12.0. The molecule has 4 nitrogen and oxygen atoms in total. The van der Waals surface area contributed by atoms with E-state index in [0.29, 0.717) is 12.3 Å². The first kappa shape index (κ1) is 13.6. The summed E-state index contributed by atoms with van der Waals surface area (Å²) in [6.07, 6.45) is 4.86. The van der Waals surface area contributed by atoms with E-state index in [2.05, 4.69) is 21.4 Å². The first-order valence-electron chi connectivity index (χ1n) is 6.15. The van der Waals surface area contributed by atoms with Crippen LogP contribution < -0.4 is 15.0 Å². The molecule has 2 rings (SSSR count). The maximum atomic E-state index is 8.93. The number of benzene rings is 1. The average Bonchev–Trinajstić information content (AvgIpc) is 2.87. The van der Waals surface area contributed by atoms with Crippen LogP contribution in [0.2, 0.25) is 0 Å². The normalized spacial score (nSPS) is 15.9. The molecule has 18 heavy (non-hydrogen) atoms. The molecule has 0 spiro atoms. The van der Waals surface area contributed by atoms with Gasteiger partial charge in [-0.05, 0) is 37.8 Å². The van der Waals surface area contributed by atoms with Gasteiger partial charge in [0.05, 0.1) is 19.8 Å². The molecule has 0 amide bonds. The van der Waals surface area contributed by atoms with Gasteiger partial charge in [0.15, 0.2) is 11.5 Å². The van der Waals surface area contributed by atoms with E-state index in [-0.39, 0.29) is 6.10 Å². The van der Waals surface area contributed by atoms with E-state index >= 15 is 0 Å². The van der Waals surface area contributed by atoms with Gasteiger partial charge in [-0.15, -0.1) is 0 Å². The molecular formula is C13H18BrNO3. The van der Waals surface area contributed by atoms with E-state index in [0.717, 1.165) is 28.6 Å². The SMILES string of the molecule is COc1ccc(Br)c(CNO)c1OC1CCCC1. The zero-order valence-electron chi connectivity index (χ0n) is 10.4. The quantitative estimate of drug-likeness (QED) is 0.819. The molecule has 1 aromatic carbocycles. The molecule has 0 bridgehead atoms. The molecule has 1 fully saturated rings. The van der Waals surface area contributed by atoms with Gasteiger partial charge in [-0.3, -0.25) is 0 Å². The predicted octanol–water partition coefficient (Wildman–Crippen LogP) is 3.26. The summed E-state index contributed by atoms with van der Waals surface area (Å²) >= 11 is 3.47. The molecule has 1 saturated carbocycles. The molecule has 0 heterocycles. The van der Waals surface area contributed by atoms with E-state index in [9.17, 15) is 0 Å². The fraction of sp³-hybridized carbons (Fsp3) is 0.538. The van der Waals surface area contributed by atoms with Crippen molar-refractivity contribution >= 4 is 15.9 Å². The number of hydroxylamine groups is 1. The lowest BCUT2D eigenvalue weighted by atomic mass is 10.1. The van der Waals surface area contributed by atoms with Crippen LogP contribution in [0.3, 0.4) is 0 Å². The molecule has 0 radical (unpaired) electrons. The largest absolute Gasteiger partial charge is 0.493 e. The number of rotatable bonds is 5. The summed E-state index contributed by atoms with van der Waals surface area (Å²) < 4.78 is 12.3. The van der Waals surface area contributed by atoms with Gasteiger partial charge in [0, 0.05) is 10.0 Å². The minimum atomic E-state index is 0.255. The van der Waals surface area contributed by atoms with Crippen LogP contribution in [0.1, 0.15) is 31.2 Å². The standard InChI is InChI=1S/C13H18BrNO3/c1-17-12-7-6-11(14)10(8-15-16)13(12)18-9-4-2-3-5-9/h6-7,9,15-16H,2-5,8H2,1H3. The molecule has 0 aliphatic heterocycles. The third kappa shape index (κ3) is 2.96. The number of methoxy groups -OCH3 is 1. The molecule has 0 atom stereocenters. The van der Waals surface area contributed by atoms with Crippen LogP contribution in [0.4, 0.5) is 0 Å². The monoisotopic (exact) mass is 315 g/mol. The molecule has 5 heteroatoms. The van der Waals surface area contributed by atoms with Crippen LogP contribution in [0.15, 0.2) is 16.6 Å². The van der Waals surface area contributed by atoms with Gasteiger partial charge >= 0.3 is 0 Å². The minimum absolute atomic E-state index is 0.255. The van der Waals surface area contributed by atoms with Crippen LogP contribution in [-0.4, -0.2) is 18.4 Å². The number of halogens is 1. The van der Waals surface area contributed by atoms with Crippen LogP contribution in [0.25, 0.3) is 0 Å². The molecule has 1 aromatic rings. The number of ether oxygens (including phenoxy) is 2. The summed E-state index contributed by atoms with van der Waals surface area (Å²) in [5.74, 6) is 1.43. The highest BCUT2D eigenvalue weighted by Crippen LogP contribution is 2.38. The smallest absolute Gasteiger partial charge is 0.167 e. The Kier molecular flexibility index (Phi) is 4.86. The van der Waals surface area contributed by atoms with Gasteiger partial charge in [-0.25, -0.2) is 5.48 Å². The second kappa shape index (κ2) is 6.41. The number of nitrogens with one attached hydrogen (secondary N) is 1. The molecule has 0 saturated heterocycles. The first-order valence-corrected chi connectivity index (χ1v) is 6.94. The van der Waals surface area contributed by atoms with Crippen molar-refractivity contribution in [2.24, 2.45) is 0 Å². The lowest BCUT2D eigenvalue weighted by Gasteiger charge is -2.20. The summed E-state index contributed by atoms with van der Waals surface area (Å²) in [5.41, 5.74) is 3.05. The predicted molar refractivity (Wildman–Crippen MR) is 72.2 cm³/mol. The highest BCUT2D eigenvalue weighted by molar-refractivity contribution is 9.10. The molecule has 0 unspecified atom stereocenters. The molecular weight excluding hydrogens is 298 g/mol. The number of hydrogen-bond acceptors (Lipinski definition) is 4. The molecule has 1 aliphatic rings. The summed E-state index contributed by atoms with van der Waals surface area (Å²) in [6.45, 7) is 0.319. The maximum Gasteiger partial charge on any atom is 0.167 e. The molecule has 1 aliphatic carbocycles. The van der Waals surface area contributed by atoms with Crippen molar-refractivity contribution in [1.29, 1.82) is 0 Å². The van der Waals surface area contributed by atoms with Gasteiger partial charge < -0.3 is 14.7 Å². The Balaban J connectivity index is 2.30. The minimum Gasteiger partial charge on any atom is -0.493 e. The highest BCUT2D eigenvalue weighted by atomic mass is 79.9. The van der Waals surface area contributed by atoms with Crippen molar-refractivity contribution in [1.82, 2.24) is 5.48 Å². The van der Waals surface area contributed by atoms with Crippen molar-refractivity contribution in [3.05, 3.63) is 22.2 Å². The van der Waals surface area contributed by atoms with Crippen molar-refractivity contribution in [2.75, 3.05) is 7.11 Å². The Morgan fingerprint density at radius 1 is 1.39 bits per heavy atom. The zero-order chi connectivity index (χ0) is 13.0. The molecule has 100 valence electrons. The third-order valence-corrected chi connectivity index (χ3v) is 3.97. The summed E-state index contributed by atoms with van der Waals surface area (Å²) in [5, 5.41) is 8.93. The van der Waals surface area contributed by atoms with Crippen LogP contribution in [0, 0.1) is 0 Å². The summed E-state index contributed by atoms with van der Waals surface area (Å²) in [6, 6.07) is 3.77. The van der Waals surface area contributed by atoms with Gasteiger partial charge in [0.1, 0.15) is 0 Å². The third-order valence-electron chi connectivity index (χ3n) is 3.23. The number of hydrogen-bond donors (Lipinski definition) is 2. The Labute approximate surface area is 115 Å². The van der Waals surface area contributed by atoms with Crippen molar-refractivity contribution < 1.29 is 14.7 Å². The van der Waals surface area contributed by atoms with Crippen molar-refractivity contribution in [3.63, 3.8) is 0 Å². The molecule has 0 aromatic heterocycles. The van der Waals surface area contributed by atoms with Gasteiger partial charge in [0.2, 0.25) is 0 Å². The topological polar surface area (TPSA) is 50.7 Å². The highest BCUT2D eigenvalue weighted by Gasteiger charge is 2.21. The van der Waals surface area contributed by atoms with E-state index in [4.69, 9.17) is 14.7 Å². The van der Waals surface area contributed by atoms with Gasteiger partial charge in [-0.1, -0.05) is 15.9 Å². The van der Waals surface area contributed by atoms with E-state index in [1.165, 1.54) is 12.8 Å². The Morgan fingerprint density at radius 2 is 2.11 bits per heavy atom. The van der Waals surface area contributed by atoms with E-state index in [1.54, 1.807) is 7.11 Å². The van der Waals surface area contributed by atoms with Crippen molar-refractivity contribution in [2.45, 2.75) is 38.3 Å². The van der Waals surface area contributed by atoms with E-state index in [1.807, 2.05) is 12.1 Å². The fourth-order valence-electron chi connectivity index (χ4n) is 2.29. The van der Waals surface area contributed by atoms with E-state index < -0.39 is 0 Å². The Bertz CT molecular complexity index is 405. The van der Waals surface area contributed by atoms with Gasteiger partial charge in [-0.2, -0.15) is 0 Å². The molecule has 2 N–H and O–H groups in total. The average molecular weight is 316 g/mol. The Hall–Kier alpha value is -0.780. The Morgan fingerprint density at radius 3 is 2.72 bits per heavy atom. The lowest BCUT2D eigenvalue weighted by Crippen LogP contribution is -2.15. The first-order chi connectivity index (χ1) is 8.76. The summed E-state index contributed by atoms with van der Waals surface area (Å²) in [4.78, 5) is 0. The van der Waals surface area contributed by atoms with Crippen molar-refractivity contribution in [3.8, 4) is 11.5 Å².